The van der Waals surface area contributed by atoms with Gasteiger partial charge in [0, 0.05) is 24.6 Å². The Balaban J connectivity index is 1.37. The van der Waals surface area contributed by atoms with Gasteiger partial charge in [0.1, 0.15) is 6.04 Å². The van der Waals surface area contributed by atoms with E-state index in [1.807, 2.05) is 36.4 Å². The first-order chi connectivity index (χ1) is 14.0. The number of benzene rings is 2. The van der Waals surface area contributed by atoms with Crippen LogP contribution in [-0.4, -0.2) is 46.4 Å². The zero-order chi connectivity index (χ0) is 20.4. The summed E-state index contributed by atoms with van der Waals surface area (Å²) in [5, 5.41) is 14.4. The molecule has 0 spiro atoms. The molecule has 1 saturated heterocycles. The second kappa shape index (κ2) is 8.23. The van der Waals surface area contributed by atoms with Crippen LogP contribution in [0.1, 0.15) is 48.9 Å². The molecule has 2 amide bonds. The van der Waals surface area contributed by atoms with Crippen LogP contribution in [0.4, 0.5) is 0 Å². The summed E-state index contributed by atoms with van der Waals surface area (Å²) in [6, 6.07) is 12.6. The maximum Gasteiger partial charge on any atom is 0.326 e. The average Bonchev–Trinajstić information content (AvgIpc) is 3.13. The quantitative estimate of drug-likeness (QED) is 0.815. The summed E-state index contributed by atoms with van der Waals surface area (Å²) in [5.41, 5.74) is 0.549. The first-order valence-corrected chi connectivity index (χ1v) is 10.4. The lowest BCUT2D eigenvalue weighted by molar-refractivity contribution is -0.149. The van der Waals surface area contributed by atoms with E-state index in [-0.39, 0.29) is 30.8 Å². The van der Waals surface area contributed by atoms with Gasteiger partial charge in [-0.3, -0.25) is 9.59 Å². The summed E-state index contributed by atoms with van der Waals surface area (Å²) >= 11 is 0. The third-order valence-corrected chi connectivity index (χ3v) is 6.30. The Hall–Kier alpha value is -2.89. The van der Waals surface area contributed by atoms with Crippen molar-refractivity contribution >= 4 is 28.6 Å². The molecule has 2 aromatic rings. The number of amides is 2. The van der Waals surface area contributed by atoms with Gasteiger partial charge in [-0.25, -0.2) is 4.79 Å². The second-order valence-corrected chi connectivity index (χ2v) is 8.07. The number of carbonyl (C=O) groups is 3. The molecule has 1 heterocycles. The predicted octanol–water partition coefficient (Wildman–Crippen LogP) is 3.20. The number of nitrogens with one attached hydrogen (secondary N) is 1. The first-order valence-electron chi connectivity index (χ1n) is 10.4. The molecule has 2 aromatic carbocycles. The Morgan fingerprint density at radius 3 is 2.59 bits per heavy atom. The Labute approximate surface area is 169 Å². The molecule has 3 atom stereocenters. The number of carboxylic acids is 1. The van der Waals surface area contributed by atoms with E-state index in [1.54, 1.807) is 11.0 Å². The van der Waals surface area contributed by atoms with Crippen molar-refractivity contribution in [3.8, 4) is 0 Å². The van der Waals surface area contributed by atoms with Crippen LogP contribution < -0.4 is 5.32 Å². The number of carboxylic acid groups (broad SMARTS) is 1. The normalized spacial score (nSPS) is 23.6. The van der Waals surface area contributed by atoms with Gasteiger partial charge in [0.25, 0.3) is 5.91 Å². The van der Waals surface area contributed by atoms with E-state index >= 15 is 0 Å². The Morgan fingerprint density at radius 2 is 1.79 bits per heavy atom. The molecule has 1 aliphatic carbocycles. The monoisotopic (exact) mass is 394 g/mol. The Bertz CT molecular complexity index is 941. The van der Waals surface area contributed by atoms with Crippen molar-refractivity contribution < 1.29 is 19.5 Å². The molecule has 29 heavy (non-hydrogen) atoms. The first kappa shape index (κ1) is 19.4. The zero-order valence-corrected chi connectivity index (χ0v) is 16.3. The van der Waals surface area contributed by atoms with E-state index in [2.05, 4.69) is 5.32 Å². The number of carbonyl (C=O) groups excluding carboxylic acids is 2. The summed E-state index contributed by atoms with van der Waals surface area (Å²) in [5.74, 6) is -1.03. The van der Waals surface area contributed by atoms with Crippen LogP contribution in [-0.2, 0) is 9.59 Å². The van der Waals surface area contributed by atoms with Crippen molar-refractivity contribution in [3.63, 3.8) is 0 Å². The number of hydrogen-bond acceptors (Lipinski definition) is 3. The van der Waals surface area contributed by atoms with Gasteiger partial charge >= 0.3 is 5.97 Å². The lowest BCUT2D eigenvalue weighted by atomic mass is 9.84. The smallest absolute Gasteiger partial charge is 0.326 e. The minimum Gasteiger partial charge on any atom is -0.480 e. The van der Waals surface area contributed by atoms with Gasteiger partial charge in [0.05, 0.1) is 0 Å². The number of hydrogen-bond donors (Lipinski definition) is 2. The van der Waals surface area contributed by atoms with Crippen LogP contribution in [0.15, 0.2) is 42.5 Å². The molecular weight excluding hydrogens is 368 g/mol. The molecule has 2 fully saturated rings. The van der Waals surface area contributed by atoms with Crippen LogP contribution >= 0.6 is 0 Å². The van der Waals surface area contributed by atoms with E-state index < -0.39 is 12.0 Å². The standard InChI is InChI=1S/C23H26N2O4/c26-21(25-19-8-4-3-7-17(19)14-20(25)23(28)29)11-12-24-22(27)18-10-9-15-5-1-2-6-16(15)13-18/h1-2,5-6,9-10,13,17,19-20H,3-4,7-8,11-12,14H2,(H,24,27)(H,28,29). The highest BCUT2D eigenvalue weighted by Crippen LogP contribution is 2.40. The number of rotatable bonds is 5. The number of aliphatic carboxylic acids is 1. The van der Waals surface area contributed by atoms with Crippen molar-refractivity contribution in [1.29, 1.82) is 0 Å². The average molecular weight is 394 g/mol. The van der Waals surface area contributed by atoms with Crippen LogP contribution in [0.3, 0.4) is 0 Å². The van der Waals surface area contributed by atoms with Crippen LogP contribution in [0.5, 0.6) is 0 Å². The summed E-state index contributed by atoms with van der Waals surface area (Å²) in [7, 11) is 0. The third-order valence-electron chi connectivity index (χ3n) is 6.30. The zero-order valence-electron chi connectivity index (χ0n) is 16.3. The maximum absolute atomic E-state index is 12.8. The molecular formula is C23H26N2O4. The van der Waals surface area contributed by atoms with E-state index in [1.165, 1.54) is 0 Å². The van der Waals surface area contributed by atoms with Gasteiger partial charge in [-0.15, -0.1) is 0 Å². The van der Waals surface area contributed by atoms with Crippen LogP contribution in [0, 0.1) is 5.92 Å². The van der Waals surface area contributed by atoms with Crippen LogP contribution in [0.25, 0.3) is 10.8 Å². The highest BCUT2D eigenvalue weighted by molar-refractivity contribution is 5.98. The fourth-order valence-electron chi connectivity index (χ4n) is 4.88. The summed E-state index contributed by atoms with van der Waals surface area (Å²) in [6.07, 6.45) is 4.69. The second-order valence-electron chi connectivity index (χ2n) is 8.07. The highest BCUT2D eigenvalue weighted by Gasteiger charge is 2.47. The van der Waals surface area contributed by atoms with Crippen molar-refractivity contribution in [2.75, 3.05) is 6.54 Å². The molecule has 1 saturated carbocycles. The Morgan fingerprint density at radius 1 is 1.03 bits per heavy atom. The van der Waals surface area contributed by atoms with Crippen molar-refractivity contribution in [3.05, 3.63) is 48.0 Å². The molecule has 152 valence electrons. The van der Waals surface area contributed by atoms with E-state index in [0.717, 1.165) is 36.5 Å². The Kier molecular flexibility index (Phi) is 5.51. The SMILES string of the molecule is O=C(NCCC(=O)N1C(C(=O)O)CC2CCCCC21)c1ccc2ccccc2c1. The molecule has 0 bridgehead atoms. The van der Waals surface area contributed by atoms with Crippen molar-refractivity contribution in [2.45, 2.75) is 50.6 Å². The molecule has 0 aromatic heterocycles. The van der Waals surface area contributed by atoms with Crippen LogP contribution in [0.2, 0.25) is 0 Å². The van der Waals surface area contributed by atoms with Gasteiger partial charge in [-0.05, 0) is 48.1 Å². The minimum absolute atomic E-state index is 0.0357. The van der Waals surface area contributed by atoms with Gasteiger partial charge in [0.15, 0.2) is 0 Å². The van der Waals surface area contributed by atoms with Gasteiger partial charge < -0.3 is 15.3 Å². The van der Waals surface area contributed by atoms with Crippen molar-refractivity contribution in [1.82, 2.24) is 10.2 Å². The molecule has 4 rings (SSSR count). The topological polar surface area (TPSA) is 86.7 Å². The largest absolute Gasteiger partial charge is 0.480 e. The summed E-state index contributed by atoms with van der Waals surface area (Å²) in [6.45, 7) is 0.199. The highest BCUT2D eigenvalue weighted by atomic mass is 16.4. The van der Waals surface area contributed by atoms with E-state index in [4.69, 9.17) is 0 Å². The van der Waals surface area contributed by atoms with Crippen molar-refractivity contribution in [2.24, 2.45) is 5.92 Å². The third kappa shape index (κ3) is 3.97. The number of nitrogens with zero attached hydrogens (tertiary/aromatic N) is 1. The molecule has 2 N–H and O–H groups in total. The molecule has 2 aliphatic rings. The molecule has 1 aliphatic heterocycles. The fourth-order valence-corrected chi connectivity index (χ4v) is 4.88. The van der Waals surface area contributed by atoms with E-state index in [0.29, 0.717) is 17.9 Å². The molecule has 6 nitrogen and oxygen atoms in total. The lowest BCUT2D eigenvalue weighted by Gasteiger charge is -2.33. The lowest BCUT2D eigenvalue weighted by Crippen LogP contribution is -2.47. The summed E-state index contributed by atoms with van der Waals surface area (Å²) < 4.78 is 0. The number of likely N-dealkylation sites (tertiary alicyclic amines) is 1. The number of fused-ring (bicyclic) bond motifs is 2. The molecule has 6 heteroatoms. The fraction of sp³-hybridized carbons (Fsp3) is 0.435. The van der Waals surface area contributed by atoms with E-state index in [9.17, 15) is 19.5 Å². The van der Waals surface area contributed by atoms with Gasteiger partial charge in [-0.1, -0.05) is 43.2 Å². The van der Waals surface area contributed by atoms with Gasteiger partial charge in [-0.2, -0.15) is 0 Å². The molecule has 0 radical (unpaired) electrons. The van der Waals surface area contributed by atoms with Gasteiger partial charge in [0.2, 0.25) is 5.91 Å². The summed E-state index contributed by atoms with van der Waals surface area (Å²) in [4.78, 5) is 38.5. The predicted molar refractivity (Wildman–Crippen MR) is 110 cm³/mol. The molecule has 3 unspecified atom stereocenters. The minimum atomic E-state index is -0.923. The maximum atomic E-state index is 12.8.